The first-order chi connectivity index (χ1) is 12.5. The highest BCUT2D eigenvalue weighted by atomic mass is 16.6. The zero-order valence-corrected chi connectivity index (χ0v) is 14.4. The van der Waals surface area contributed by atoms with Gasteiger partial charge in [0.05, 0.1) is 29.2 Å². The van der Waals surface area contributed by atoms with E-state index in [9.17, 15) is 14.7 Å². The van der Waals surface area contributed by atoms with Gasteiger partial charge in [0.1, 0.15) is 6.61 Å². The van der Waals surface area contributed by atoms with Gasteiger partial charge in [-0.05, 0) is 43.0 Å². The third-order valence-electron chi connectivity index (χ3n) is 5.68. The van der Waals surface area contributed by atoms with E-state index in [1.807, 2.05) is 6.08 Å². The molecule has 0 bridgehead atoms. The van der Waals surface area contributed by atoms with Crippen LogP contribution in [0.15, 0.2) is 23.0 Å². The summed E-state index contributed by atoms with van der Waals surface area (Å²) in [6, 6.07) is 3.87. The average molecular weight is 350 g/mol. The van der Waals surface area contributed by atoms with Gasteiger partial charge in [-0.25, -0.2) is 9.78 Å². The molecule has 4 heterocycles. The van der Waals surface area contributed by atoms with E-state index in [0.717, 1.165) is 29.8 Å². The fourth-order valence-corrected chi connectivity index (χ4v) is 4.16. The van der Waals surface area contributed by atoms with Crippen LogP contribution >= 0.6 is 0 Å². The lowest BCUT2D eigenvalue weighted by Gasteiger charge is -2.31. The molecular formula is C20H18N2O4. The number of carbonyl (C=O) groups is 1. The maximum absolute atomic E-state index is 13.0. The first-order valence-corrected chi connectivity index (χ1v) is 8.89. The van der Waals surface area contributed by atoms with Gasteiger partial charge in [0.15, 0.2) is 5.60 Å². The summed E-state index contributed by atoms with van der Waals surface area (Å²) in [5.41, 5.74) is 3.26. The summed E-state index contributed by atoms with van der Waals surface area (Å²) < 4.78 is 6.75. The number of pyridine rings is 2. The van der Waals surface area contributed by atoms with Gasteiger partial charge in [0.25, 0.3) is 5.56 Å². The number of esters is 1. The van der Waals surface area contributed by atoms with Crippen molar-refractivity contribution in [3.8, 4) is 11.4 Å². The average Bonchev–Trinajstić information content (AvgIpc) is 3.01. The topological polar surface area (TPSA) is 81.4 Å². The molecule has 1 N–H and O–H groups in total. The lowest BCUT2D eigenvalue weighted by atomic mass is 9.86. The molecule has 5 rings (SSSR count). The Kier molecular flexibility index (Phi) is 3.07. The van der Waals surface area contributed by atoms with Crippen molar-refractivity contribution in [1.29, 1.82) is 0 Å². The number of fused-ring (bicyclic) bond motifs is 5. The summed E-state index contributed by atoms with van der Waals surface area (Å²) in [5, 5.41) is 10.8. The van der Waals surface area contributed by atoms with E-state index < -0.39 is 11.6 Å². The van der Waals surface area contributed by atoms with Crippen LogP contribution in [-0.2, 0) is 34.7 Å². The molecule has 0 radical (unpaired) electrons. The molecule has 0 spiro atoms. The quantitative estimate of drug-likeness (QED) is 0.678. The highest BCUT2D eigenvalue weighted by molar-refractivity contribution is 5.84. The molecule has 2 aromatic heterocycles. The van der Waals surface area contributed by atoms with E-state index in [4.69, 9.17) is 9.72 Å². The molecule has 132 valence electrons. The fourth-order valence-electron chi connectivity index (χ4n) is 4.16. The van der Waals surface area contributed by atoms with Gasteiger partial charge in [-0.3, -0.25) is 4.79 Å². The Labute approximate surface area is 149 Å². The molecule has 0 saturated heterocycles. The number of aromatic nitrogens is 2. The summed E-state index contributed by atoms with van der Waals surface area (Å²) in [4.78, 5) is 30.0. The van der Waals surface area contributed by atoms with Gasteiger partial charge in [-0.2, -0.15) is 0 Å². The number of carbonyl (C=O) groups excluding carboxylic acids is 1. The van der Waals surface area contributed by atoms with Gasteiger partial charge in [-0.1, -0.05) is 13.0 Å². The molecule has 1 aliphatic carbocycles. The van der Waals surface area contributed by atoms with Gasteiger partial charge in [0, 0.05) is 11.1 Å². The smallest absolute Gasteiger partial charge is 0.343 e. The van der Waals surface area contributed by atoms with Crippen LogP contribution in [0.25, 0.3) is 17.5 Å². The van der Waals surface area contributed by atoms with Crippen LogP contribution in [0.3, 0.4) is 0 Å². The third-order valence-corrected chi connectivity index (χ3v) is 5.68. The molecule has 0 fully saturated rings. The minimum Gasteiger partial charge on any atom is -0.458 e. The Balaban J connectivity index is 1.77. The van der Waals surface area contributed by atoms with E-state index in [1.54, 1.807) is 17.6 Å². The van der Waals surface area contributed by atoms with Crippen LogP contribution in [0, 0.1) is 0 Å². The summed E-state index contributed by atoms with van der Waals surface area (Å²) in [6.45, 7) is 2.06. The lowest BCUT2D eigenvalue weighted by Crippen LogP contribution is -2.44. The standard InChI is InChI=1S/C20H18N2O4/c1-2-20(25)14-8-16-17-12(7-11-5-3-4-6-15(11)21-17)9-22(16)18(23)13(14)10-26-19(20)24/h4,6-8,25H,2-3,5,9-10H2,1H3. The molecule has 26 heavy (non-hydrogen) atoms. The highest BCUT2D eigenvalue weighted by Crippen LogP contribution is 2.38. The zero-order valence-electron chi connectivity index (χ0n) is 14.4. The van der Waals surface area contributed by atoms with Crippen molar-refractivity contribution in [2.45, 2.75) is 44.9 Å². The largest absolute Gasteiger partial charge is 0.458 e. The second kappa shape index (κ2) is 5.14. The van der Waals surface area contributed by atoms with Crippen molar-refractivity contribution < 1.29 is 14.6 Å². The number of hydrogen-bond acceptors (Lipinski definition) is 5. The maximum Gasteiger partial charge on any atom is 0.343 e. The van der Waals surface area contributed by atoms with Crippen molar-refractivity contribution in [2.75, 3.05) is 0 Å². The predicted octanol–water partition coefficient (Wildman–Crippen LogP) is 1.89. The van der Waals surface area contributed by atoms with Crippen molar-refractivity contribution in [3.05, 3.63) is 56.5 Å². The lowest BCUT2D eigenvalue weighted by molar-refractivity contribution is -0.172. The molecule has 1 atom stereocenters. The summed E-state index contributed by atoms with van der Waals surface area (Å²) >= 11 is 0. The van der Waals surface area contributed by atoms with Crippen LogP contribution in [0.4, 0.5) is 0 Å². The number of hydrogen-bond donors (Lipinski definition) is 1. The Morgan fingerprint density at radius 3 is 2.96 bits per heavy atom. The minimum absolute atomic E-state index is 0.0986. The Bertz CT molecular complexity index is 1070. The molecule has 6 nitrogen and oxygen atoms in total. The van der Waals surface area contributed by atoms with Gasteiger partial charge >= 0.3 is 5.97 Å². The van der Waals surface area contributed by atoms with Crippen LogP contribution in [-0.4, -0.2) is 20.6 Å². The Morgan fingerprint density at radius 1 is 1.31 bits per heavy atom. The second-order valence-electron chi connectivity index (χ2n) is 7.08. The summed E-state index contributed by atoms with van der Waals surface area (Å²) in [7, 11) is 0. The van der Waals surface area contributed by atoms with E-state index in [2.05, 4.69) is 12.1 Å². The molecule has 6 heteroatoms. The number of allylic oxidation sites excluding steroid dienone is 1. The first-order valence-electron chi connectivity index (χ1n) is 8.89. The number of nitrogens with zero attached hydrogens (tertiary/aromatic N) is 2. The van der Waals surface area contributed by atoms with Gasteiger partial charge in [0.2, 0.25) is 0 Å². The van der Waals surface area contributed by atoms with Gasteiger partial charge in [-0.15, -0.1) is 0 Å². The number of aryl methyl sites for hydroxylation is 1. The monoisotopic (exact) mass is 350 g/mol. The summed E-state index contributed by atoms with van der Waals surface area (Å²) in [6.07, 6.45) is 6.21. The number of cyclic esters (lactones) is 1. The van der Waals surface area contributed by atoms with Crippen LogP contribution in [0.5, 0.6) is 0 Å². The van der Waals surface area contributed by atoms with Crippen molar-refractivity contribution in [1.82, 2.24) is 9.55 Å². The minimum atomic E-state index is -1.78. The third kappa shape index (κ3) is 1.88. The van der Waals surface area contributed by atoms with E-state index in [0.29, 0.717) is 23.4 Å². The maximum atomic E-state index is 13.0. The second-order valence-corrected chi connectivity index (χ2v) is 7.08. The van der Waals surface area contributed by atoms with Crippen LogP contribution in [0.2, 0.25) is 0 Å². The molecule has 0 saturated carbocycles. The van der Waals surface area contributed by atoms with E-state index in [-0.39, 0.29) is 18.6 Å². The molecule has 2 aromatic rings. The first kappa shape index (κ1) is 15.5. The normalized spacial score (nSPS) is 22.3. The molecule has 2 aliphatic heterocycles. The number of rotatable bonds is 1. The fraction of sp³-hybridized carbons (Fsp3) is 0.350. The predicted molar refractivity (Wildman–Crippen MR) is 94.4 cm³/mol. The summed E-state index contributed by atoms with van der Waals surface area (Å²) in [5.74, 6) is -0.698. The number of ether oxygens (including phenoxy) is 1. The number of aliphatic hydroxyl groups is 1. The molecule has 0 amide bonds. The molecule has 0 aromatic carbocycles. The van der Waals surface area contributed by atoms with E-state index in [1.165, 1.54) is 5.56 Å². The Morgan fingerprint density at radius 2 is 2.15 bits per heavy atom. The molecule has 3 aliphatic rings. The highest BCUT2D eigenvalue weighted by Gasteiger charge is 2.45. The van der Waals surface area contributed by atoms with Gasteiger partial charge < -0.3 is 14.4 Å². The Hall–Kier alpha value is -2.73. The van der Waals surface area contributed by atoms with Crippen LogP contribution < -0.4 is 5.56 Å². The van der Waals surface area contributed by atoms with Crippen molar-refractivity contribution >= 4 is 12.0 Å². The molecular weight excluding hydrogens is 332 g/mol. The van der Waals surface area contributed by atoms with Crippen molar-refractivity contribution in [2.24, 2.45) is 0 Å². The van der Waals surface area contributed by atoms with E-state index >= 15 is 0 Å². The van der Waals surface area contributed by atoms with Crippen molar-refractivity contribution in [3.63, 3.8) is 0 Å². The zero-order chi connectivity index (χ0) is 18.1. The SMILES string of the molecule is CCC1(O)C(=O)OCc2c1cc1n(c2=O)Cc2cc3c(nc2-1)C=CCC3. The van der Waals surface area contributed by atoms with Crippen LogP contribution in [0.1, 0.15) is 47.7 Å². The molecule has 1 unspecified atom stereocenters.